The number of nitrogens with one attached hydrogen (secondary N) is 1. The summed E-state index contributed by atoms with van der Waals surface area (Å²) in [5.41, 5.74) is 1.57. The van der Waals surface area contributed by atoms with Crippen molar-refractivity contribution < 1.29 is 14.3 Å². The molecule has 1 aliphatic rings. The number of piperazine rings is 1. The maximum Gasteiger partial charge on any atom is 0.309 e. The van der Waals surface area contributed by atoms with Gasteiger partial charge in [0.15, 0.2) is 0 Å². The van der Waals surface area contributed by atoms with Gasteiger partial charge in [-0.15, -0.1) is 0 Å². The van der Waals surface area contributed by atoms with E-state index in [9.17, 15) is 9.59 Å². The molecule has 0 bridgehead atoms. The highest BCUT2D eigenvalue weighted by molar-refractivity contribution is 5.85. The van der Waals surface area contributed by atoms with E-state index >= 15 is 0 Å². The summed E-state index contributed by atoms with van der Waals surface area (Å²) in [5.74, 6) is -0.789. The first-order valence-electron chi connectivity index (χ1n) is 8.38. The second-order valence-corrected chi connectivity index (χ2v) is 6.48. The third kappa shape index (κ3) is 4.47. The monoisotopic (exact) mass is 333 g/mol. The largest absolute Gasteiger partial charge is 0.447 e. The van der Waals surface area contributed by atoms with Crippen LogP contribution in [0.1, 0.15) is 25.5 Å². The predicted octanol–water partition coefficient (Wildman–Crippen LogP) is 1.74. The quantitative estimate of drug-likeness (QED) is 0.832. The van der Waals surface area contributed by atoms with E-state index in [1.807, 2.05) is 38.4 Å². The molecule has 1 heterocycles. The molecule has 2 rings (SSSR count). The van der Waals surface area contributed by atoms with Crippen LogP contribution in [0, 0.1) is 5.92 Å². The van der Waals surface area contributed by atoms with Gasteiger partial charge in [-0.3, -0.25) is 9.59 Å². The number of anilines is 1. The summed E-state index contributed by atoms with van der Waals surface area (Å²) in [6.45, 7) is 6.49. The number of likely N-dealkylation sites (N-methyl/N-ethyl adjacent to an activating group) is 1. The molecule has 6 nitrogen and oxygen atoms in total. The number of rotatable bonds is 5. The normalized spacial score (nSPS) is 16.8. The Balaban J connectivity index is 2.24. The van der Waals surface area contributed by atoms with Gasteiger partial charge in [-0.1, -0.05) is 26.0 Å². The number of nitrogens with zero attached hydrogens (tertiary/aromatic N) is 2. The minimum absolute atomic E-state index is 0.148. The summed E-state index contributed by atoms with van der Waals surface area (Å²) in [6, 6.07) is 7.44. The number of amides is 1. The van der Waals surface area contributed by atoms with Crippen LogP contribution in [0.2, 0.25) is 0 Å². The number of benzene rings is 1. The van der Waals surface area contributed by atoms with Crippen LogP contribution in [-0.4, -0.2) is 62.0 Å². The number of esters is 1. The van der Waals surface area contributed by atoms with Crippen molar-refractivity contribution in [3.05, 3.63) is 29.8 Å². The van der Waals surface area contributed by atoms with Gasteiger partial charge in [0, 0.05) is 44.5 Å². The molecule has 1 amide bonds. The minimum atomic E-state index is -0.892. The van der Waals surface area contributed by atoms with Gasteiger partial charge in [0.2, 0.25) is 6.10 Å². The van der Waals surface area contributed by atoms with Crippen molar-refractivity contribution in [3.8, 4) is 0 Å². The zero-order chi connectivity index (χ0) is 17.7. The molecule has 1 aromatic carbocycles. The molecule has 6 heteroatoms. The van der Waals surface area contributed by atoms with Gasteiger partial charge in [-0.25, -0.2) is 0 Å². The molecule has 1 N–H and O–H groups in total. The Morgan fingerprint density at radius 3 is 2.42 bits per heavy atom. The summed E-state index contributed by atoms with van der Waals surface area (Å²) >= 11 is 0. The van der Waals surface area contributed by atoms with Crippen molar-refractivity contribution in [1.29, 1.82) is 0 Å². The summed E-state index contributed by atoms with van der Waals surface area (Å²) in [6.07, 6.45) is -0.892. The zero-order valence-corrected chi connectivity index (χ0v) is 14.9. The number of hydrogen-bond acceptors (Lipinski definition) is 5. The lowest BCUT2D eigenvalue weighted by Gasteiger charge is -2.34. The smallest absolute Gasteiger partial charge is 0.309 e. The van der Waals surface area contributed by atoms with Gasteiger partial charge in [0.25, 0.3) is 5.91 Å². The summed E-state index contributed by atoms with van der Waals surface area (Å²) in [5, 5.41) is 3.05. The summed E-state index contributed by atoms with van der Waals surface area (Å²) in [4.78, 5) is 29.0. The van der Waals surface area contributed by atoms with E-state index in [1.165, 1.54) is 0 Å². The minimum Gasteiger partial charge on any atom is -0.447 e. The molecule has 0 spiro atoms. The lowest BCUT2D eigenvalue weighted by Crippen LogP contribution is -2.49. The van der Waals surface area contributed by atoms with E-state index < -0.39 is 6.10 Å². The third-order valence-electron chi connectivity index (χ3n) is 4.22. The summed E-state index contributed by atoms with van der Waals surface area (Å²) in [7, 11) is 3.85. The second-order valence-electron chi connectivity index (χ2n) is 6.48. The molecule has 1 saturated heterocycles. The first kappa shape index (κ1) is 18.3. The molecule has 0 aliphatic carbocycles. The molecule has 1 aromatic rings. The Bertz CT molecular complexity index is 581. The van der Waals surface area contributed by atoms with Gasteiger partial charge in [-0.05, 0) is 19.2 Å². The second kappa shape index (κ2) is 8.15. The van der Waals surface area contributed by atoms with E-state index in [4.69, 9.17) is 4.74 Å². The van der Waals surface area contributed by atoms with Crippen LogP contribution in [0.3, 0.4) is 0 Å². The maximum atomic E-state index is 13.0. The van der Waals surface area contributed by atoms with E-state index in [0.717, 1.165) is 18.8 Å². The van der Waals surface area contributed by atoms with E-state index in [2.05, 4.69) is 10.2 Å². The molecule has 0 saturated carbocycles. The molecule has 1 aliphatic heterocycles. The Kier molecular flexibility index (Phi) is 6.20. The first-order valence-corrected chi connectivity index (χ1v) is 8.38. The SMILES string of the molecule is CNc1cccc(C(OC(=O)C(C)C)C(=O)N2CCN(C)CC2)c1. The zero-order valence-electron chi connectivity index (χ0n) is 14.9. The Labute approximate surface area is 143 Å². The van der Waals surface area contributed by atoms with Crippen LogP contribution in [0.15, 0.2) is 24.3 Å². The van der Waals surface area contributed by atoms with Crippen molar-refractivity contribution in [1.82, 2.24) is 9.80 Å². The lowest BCUT2D eigenvalue weighted by molar-refractivity contribution is -0.164. The molecule has 132 valence electrons. The van der Waals surface area contributed by atoms with Gasteiger partial charge in [0.1, 0.15) is 0 Å². The molecular weight excluding hydrogens is 306 g/mol. The van der Waals surface area contributed by atoms with Crippen LogP contribution in [0.25, 0.3) is 0 Å². The highest BCUT2D eigenvalue weighted by Gasteiger charge is 2.31. The molecular formula is C18H27N3O3. The van der Waals surface area contributed by atoms with E-state index in [1.54, 1.807) is 18.7 Å². The van der Waals surface area contributed by atoms with Gasteiger partial charge in [-0.2, -0.15) is 0 Å². The fourth-order valence-electron chi connectivity index (χ4n) is 2.56. The fraction of sp³-hybridized carbons (Fsp3) is 0.556. The predicted molar refractivity (Wildman–Crippen MR) is 93.7 cm³/mol. The fourth-order valence-corrected chi connectivity index (χ4v) is 2.56. The first-order chi connectivity index (χ1) is 11.4. The molecule has 0 radical (unpaired) electrons. The Morgan fingerprint density at radius 1 is 1.17 bits per heavy atom. The van der Waals surface area contributed by atoms with Gasteiger partial charge in [0.05, 0.1) is 5.92 Å². The maximum absolute atomic E-state index is 13.0. The topological polar surface area (TPSA) is 61.9 Å². The molecule has 1 fully saturated rings. The van der Waals surface area contributed by atoms with E-state index in [0.29, 0.717) is 18.7 Å². The van der Waals surface area contributed by atoms with E-state index in [-0.39, 0.29) is 17.8 Å². The third-order valence-corrected chi connectivity index (χ3v) is 4.22. The molecule has 0 aromatic heterocycles. The highest BCUT2D eigenvalue weighted by Crippen LogP contribution is 2.25. The number of ether oxygens (including phenoxy) is 1. The van der Waals surface area contributed by atoms with Crippen molar-refractivity contribution in [3.63, 3.8) is 0 Å². The average molecular weight is 333 g/mol. The Hall–Kier alpha value is -2.08. The van der Waals surface area contributed by atoms with Gasteiger partial charge >= 0.3 is 5.97 Å². The highest BCUT2D eigenvalue weighted by atomic mass is 16.5. The molecule has 24 heavy (non-hydrogen) atoms. The van der Waals surface area contributed by atoms with Crippen molar-refractivity contribution in [2.24, 2.45) is 5.92 Å². The lowest BCUT2D eigenvalue weighted by atomic mass is 10.1. The van der Waals surface area contributed by atoms with Crippen LogP contribution < -0.4 is 5.32 Å². The van der Waals surface area contributed by atoms with Crippen molar-refractivity contribution in [2.75, 3.05) is 45.6 Å². The van der Waals surface area contributed by atoms with Crippen molar-refractivity contribution in [2.45, 2.75) is 20.0 Å². The van der Waals surface area contributed by atoms with Gasteiger partial charge < -0.3 is 19.9 Å². The van der Waals surface area contributed by atoms with Crippen LogP contribution >= 0.6 is 0 Å². The summed E-state index contributed by atoms with van der Waals surface area (Å²) < 4.78 is 5.57. The molecule has 1 atom stereocenters. The van der Waals surface area contributed by atoms with Crippen molar-refractivity contribution >= 4 is 17.6 Å². The number of carbonyl (C=O) groups excluding carboxylic acids is 2. The number of hydrogen-bond donors (Lipinski definition) is 1. The van der Waals surface area contributed by atoms with Crippen LogP contribution in [-0.2, 0) is 14.3 Å². The average Bonchev–Trinajstić information content (AvgIpc) is 2.59. The van der Waals surface area contributed by atoms with Crippen LogP contribution in [0.5, 0.6) is 0 Å². The number of carbonyl (C=O) groups is 2. The van der Waals surface area contributed by atoms with Crippen LogP contribution in [0.4, 0.5) is 5.69 Å². The molecule has 1 unspecified atom stereocenters. The Morgan fingerprint density at radius 2 is 1.83 bits per heavy atom. The standard InChI is InChI=1S/C18H27N3O3/c1-13(2)18(23)24-16(14-6-5-7-15(12-14)19-3)17(22)21-10-8-20(4)9-11-21/h5-7,12-13,16,19H,8-11H2,1-4H3.